The monoisotopic (exact) mass is 518 g/mol. The third-order valence-electron chi connectivity index (χ3n) is 7.11. The van der Waals surface area contributed by atoms with Crippen molar-refractivity contribution in [2.45, 2.75) is 49.0 Å². The summed E-state index contributed by atoms with van der Waals surface area (Å²) >= 11 is 0. The smallest absolute Gasteiger partial charge is 0.229 e. The molecule has 37 heavy (non-hydrogen) atoms. The Labute approximate surface area is 214 Å². The third kappa shape index (κ3) is 5.32. The van der Waals surface area contributed by atoms with Crippen molar-refractivity contribution < 1.29 is 49.6 Å². The lowest BCUT2D eigenvalue weighted by molar-refractivity contribution is -0.277. The van der Waals surface area contributed by atoms with Gasteiger partial charge in [-0.05, 0) is 52.8 Å². The number of aliphatic hydroxyl groups excluding tert-OH is 6. The van der Waals surface area contributed by atoms with E-state index in [1.807, 2.05) is 18.2 Å². The molecule has 10 nitrogen and oxygen atoms in total. The van der Waals surface area contributed by atoms with Crippen LogP contribution in [0.25, 0.3) is 6.08 Å². The Morgan fingerprint density at radius 3 is 2.30 bits per heavy atom. The van der Waals surface area contributed by atoms with Gasteiger partial charge in [0.1, 0.15) is 30.2 Å². The molecule has 0 spiro atoms. The molecule has 10 heteroatoms. The van der Waals surface area contributed by atoms with Crippen molar-refractivity contribution in [3.05, 3.63) is 58.7 Å². The average Bonchev–Trinajstić information content (AvgIpc) is 3.30. The van der Waals surface area contributed by atoms with E-state index < -0.39 is 37.3 Å². The van der Waals surface area contributed by atoms with E-state index in [4.69, 9.17) is 24.1 Å². The Balaban J connectivity index is 1.61. The molecule has 7 atom stereocenters. The summed E-state index contributed by atoms with van der Waals surface area (Å²) in [4.78, 5) is 0. The van der Waals surface area contributed by atoms with Crippen molar-refractivity contribution in [3.8, 4) is 17.2 Å². The predicted molar refractivity (Wildman–Crippen MR) is 133 cm³/mol. The lowest BCUT2D eigenvalue weighted by atomic mass is 9.86. The minimum absolute atomic E-state index is 0.0806. The molecule has 4 rings (SSSR count). The van der Waals surface area contributed by atoms with Gasteiger partial charge in [-0.15, -0.1) is 0 Å². The first-order chi connectivity index (χ1) is 17.9. The van der Waals surface area contributed by atoms with Crippen LogP contribution in [0.1, 0.15) is 34.1 Å². The zero-order valence-corrected chi connectivity index (χ0v) is 20.7. The zero-order chi connectivity index (χ0) is 26.7. The maximum atomic E-state index is 10.3. The van der Waals surface area contributed by atoms with E-state index >= 15 is 0 Å². The van der Waals surface area contributed by atoms with Gasteiger partial charge in [0, 0.05) is 5.92 Å². The van der Waals surface area contributed by atoms with Crippen LogP contribution >= 0.6 is 0 Å². The summed E-state index contributed by atoms with van der Waals surface area (Å²) in [5, 5.41) is 59.3. The number of fused-ring (bicyclic) bond motifs is 1. The molecule has 0 aromatic heterocycles. The van der Waals surface area contributed by atoms with Gasteiger partial charge in [0.25, 0.3) is 0 Å². The highest BCUT2D eigenvalue weighted by Crippen LogP contribution is 2.49. The average molecular weight is 519 g/mol. The summed E-state index contributed by atoms with van der Waals surface area (Å²) in [5.74, 6) is 1.02. The highest BCUT2D eigenvalue weighted by Gasteiger charge is 2.45. The standard InChI is InChI=1S/C27H34O10/c1-34-21-9-14(4-3-7-28)8-17-18(21)11-16(19(17)12-29)15-5-6-20(22(10-15)35-2)36-27-26(33)25(32)24(31)23(13-30)37-27/h3-6,8-10,16,19,23-33H,7,11-13H2,1-2H3. The number of aliphatic hydroxyl groups is 6. The van der Waals surface area contributed by atoms with Crippen LogP contribution in [0, 0.1) is 0 Å². The number of methoxy groups -OCH3 is 2. The number of ether oxygens (including phenoxy) is 4. The first-order valence-electron chi connectivity index (χ1n) is 12.1. The normalized spacial score (nSPS) is 29.4. The van der Waals surface area contributed by atoms with Crippen LogP contribution in [0.5, 0.6) is 17.2 Å². The molecule has 1 saturated heterocycles. The molecule has 0 saturated carbocycles. The second-order valence-corrected chi connectivity index (χ2v) is 9.20. The van der Waals surface area contributed by atoms with E-state index in [0.717, 1.165) is 22.3 Å². The summed E-state index contributed by atoms with van der Waals surface area (Å²) in [5.41, 5.74) is 3.74. The van der Waals surface area contributed by atoms with Gasteiger partial charge in [0.2, 0.25) is 6.29 Å². The molecular weight excluding hydrogens is 484 g/mol. The Morgan fingerprint density at radius 1 is 0.892 bits per heavy atom. The van der Waals surface area contributed by atoms with E-state index in [0.29, 0.717) is 17.9 Å². The van der Waals surface area contributed by atoms with Crippen LogP contribution in [0.2, 0.25) is 0 Å². The highest BCUT2D eigenvalue weighted by molar-refractivity contribution is 5.60. The third-order valence-corrected chi connectivity index (χ3v) is 7.11. The van der Waals surface area contributed by atoms with Gasteiger partial charge in [-0.1, -0.05) is 24.3 Å². The SMILES string of the molecule is COc1cc(C2Cc3c(OC)cc(C=CCO)cc3C2CO)ccc1OC1OC(CO)C(O)C(O)C1O. The first kappa shape index (κ1) is 27.3. The zero-order valence-electron chi connectivity index (χ0n) is 20.7. The molecular formula is C27H34O10. The fourth-order valence-corrected chi connectivity index (χ4v) is 5.16. The van der Waals surface area contributed by atoms with Crippen molar-refractivity contribution in [1.82, 2.24) is 0 Å². The quantitative estimate of drug-likeness (QED) is 0.273. The van der Waals surface area contributed by atoms with Gasteiger partial charge in [0.05, 0.1) is 34.0 Å². The summed E-state index contributed by atoms with van der Waals surface area (Å²) in [6, 6.07) is 9.18. The van der Waals surface area contributed by atoms with Crippen LogP contribution in [0.15, 0.2) is 36.4 Å². The minimum atomic E-state index is -1.56. The molecule has 1 aliphatic carbocycles. The minimum Gasteiger partial charge on any atom is -0.496 e. The van der Waals surface area contributed by atoms with Crippen molar-refractivity contribution >= 4 is 6.08 Å². The van der Waals surface area contributed by atoms with Crippen molar-refractivity contribution in [1.29, 1.82) is 0 Å². The first-order valence-corrected chi connectivity index (χ1v) is 12.1. The molecule has 2 aromatic carbocycles. The Morgan fingerprint density at radius 2 is 1.65 bits per heavy atom. The molecule has 0 radical (unpaired) electrons. The molecule has 202 valence electrons. The number of hydrogen-bond donors (Lipinski definition) is 6. The fraction of sp³-hybridized carbons (Fsp3) is 0.481. The molecule has 1 aliphatic heterocycles. The van der Waals surface area contributed by atoms with Gasteiger partial charge < -0.3 is 49.6 Å². The second kappa shape index (κ2) is 11.8. The predicted octanol–water partition coefficient (Wildman–Crippen LogP) is 0.304. The van der Waals surface area contributed by atoms with Crippen LogP contribution in [-0.4, -0.2) is 95.4 Å². The fourth-order valence-electron chi connectivity index (χ4n) is 5.16. The van der Waals surface area contributed by atoms with Gasteiger partial charge in [0.15, 0.2) is 11.5 Å². The van der Waals surface area contributed by atoms with Crippen molar-refractivity contribution in [2.75, 3.05) is 34.0 Å². The maximum absolute atomic E-state index is 10.3. The molecule has 0 bridgehead atoms. The lowest BCUT2D eigenvalue weighted by Gasteiger charge is -2.39. The van der Waals surface area contributed by atoms with Crippen LogP contribution < -0.4 is 14.2 Å². The summed E-state index contributed by atoms with van der Waals surface area (Å²) < 4.78 is 22.4. The molecule has 1 fully saturated rings. The van der Waals surface area contributed by atoms with Gasteiger partial charge in [-0.2, -0.15) is 0 Å². The topological polar surface area (TPSA) is 158 Å². The summed E-state index contributed by atoms with van der Waals surface area (Å²) in [6.45, 7) is -0.727. The Hall–Kier alpha value is -2.70. The molecule has 1 heterocycles. The highest BCUT2D eigenvalue weighted by atomic mass is 16.7. The van der Waals surface area contributed by atoms with E-state index in [-0.39, 0.29) is 30.8 Å². The molecule has 6 N–H and O–H groups in total. The molecule has 2 aliphatic rings. The Kier molecular flexibility index (Phi) is 8.71. The van der Waals surface area contributed by atoms with Crippen LogP contribution in [-0.2, 0) is 11.2 Å². The second-order valence-electron chi connectivity index (χ2n) is 9.20. The number of benzene rings is 2. The van der Waals surface area contributed by atoms with Crippen LogP contribution in [0.4, 0.5) is 0 Å². The van der Waals surface area contributed by atoms with E-state index in [9.17, 15) is 25.5 Å². The Bertz CT molecular complexity index is 1100. The maximum Gasteiger partial charge on any atom is 0.229 e. The largest absolute Gasteiger partial charge is 0.496 e. The van der Waals surface area contributed by atoms with E-state index in [1.54, 1.807) is 31.4 Å². The summed E-state index contributed by atoms with van der Waals surface area (Å²) in [7, 11) is 3.07. The summed E-state index contributed by atoms with van der Waals surface area (Å²) in [6.07, 6.45) is -2.96. The molecule has 2 aromatic rings. The lowest BCUT2D eigenvalue weighted by Crippen LogP contribution is -2.60. The van der Waals surface area contributed by atoms with Crippen LogP contribution in [0.3, 0.4) is 0 Å². The van der Waals surface area contributed by atoms with Gasteiger partial charge >= 0.3 is 0 Å². The van der Waals surface area contributed by atoms with E-state index in [1.165, 1.54) is 7.11 Å². The number of rotatable bonds is 9. The number of hydrogen-bond acceptors (Lipinski definition) is 10. The molecule has 7 unspecified atom stereocenters. The van der Waals surface area contributed by atoms with E-state index in [2.05, 4.69) is 0 Å². The molecule has 0 amide bonds. The van der Waals surface area contributed by atoms with Crippen molar-refractivity contribution in [2.24, 2.45) is 0 Å². The van der Waals surface area contributed by atoms with Crippen molar-refractivity contribution in [3.63, 3.8) is 0 Å². The van der Waals surface area contributed by atoms with Gasteiger partial charge in [-0.25, -0.2) is 0 Å². The van der Waals surface area contributed by atoms with Gasteiger partial charge in [-0.3, -0.25) is 0 Å².